The minimum Gasteiger partial charge on any atom is -0.472 e. The van der Waals surface area contributed by atoms with Crippen LogP contribution < -0.4 is 5.32 Å². The van der Waals surface area contributed by atoms with Crippen LogP contribution in [0.25, 0.3) is 0 Å². The van der Waals surface area contributed by atoms with Crippen molar-refractivity contribution in [1.82, 2.24) is 5.32 Å². The van der Waals surface area contributed by atoms with E-state index in [0.717, 1.165) is 6.54 Å². The zero-order chi connectivity index (χ0) is 10.5. The zero-order valence-electron chi connectivity index (χ0n) is 8.81. The van der Waals surface area contributed by atoms with E-state index in [1.807, 2.05) is 12.1 Å². The standard InChI is InChI=1S/C13H15NO/c1-11(13-7-8-15-10-13)14-9-12-5-3-2-4-6-12/h2-8,10-11,14H,9H2,1H3. The summed E-state index contributed by atoms with van der Waals surface area (Å²) in [5, 5.41) is 3.44. The minimum atomic E-state index is 0.323. The molecule has 1 atom stereocenters. The zero-order valence-corrected chi connectivity index (χ0v) is 8.81. The van der Waals surface area contributed by atoms with Gasteiger partial charge in [0.2, 0.25) is 0 Å². The van der Waals surface area contributed by atoms with Gasteiger partial charge in [-0.05, 0) is 18.6 Å². The summed E-state index contributed by atoms with van der Waals surface area (Å²) in [6, 6.07) is 12.7. The van der Waals surface area contributed by atoms with Crippen LogP contribution in [0.1, 0.15) is 24.1 Å². The van der Waals surface area contributed by atoms with Crippen LogP contribution in [-0.4, -0.2) is 0 Å². The largest absolute Gasteiger partial charge is 0.472 e. The first kappa shape index (κ1) is 9.99. The van der Waals surface area contributed by atoms with Crippen molar-refractivity contribution >= 4 is 0 Å². The first-order chi connectivity index (χ1) is 7.36. The number of nitrogens with one attached hydrogen (secondary N) is 1. The van der Waals surface area contributed by atoms with Crippen LogP contribution in [0, 0.1) is 0 Å². The fourth-order valence-electron chi connectivity index (χ4n) is 1.51. The van der Waals surface area contributed by atoms with Crippen molar-refractivity contribution in [1.29, 1.82) is 0 Å². The second kappa shape index (κ2) is 4.80. The molecule has 0 aliphatic rings. The highest BCUT2D eigenvalue weighted by Gasteiger charge is 2.04. The van der Waals surface area contributed by atoms with Crippen molar-refractivity contribution in [3.63, 3.8) is 0 Å². The lowest BCUT2D eigenvalue weighted by atomic mass is 10.1. The molecule has 2 heteroatoms. The second-order valence-electron chi connectivity index (χ2n) is 3.64. The minimum absolute atomic E-state index is 0.323. The van der Waals surface area contributed by atoms with Crippen molar-refractivity contribution in [3.05, 3.63) is 60.1 Å². The smallest absolute Gasteiger partial charge is 0.0950 e. The van der Waals surface area contributed by atoms with Crippen LogP contribution in [0.2, 0.25) is 0 Å². The molecule has 1 aromatic carbocycles. The maximum absolute atomic E-state index is 5.05. The third-order valence-corrected chi connectivity index (χ3v) is 2.50. The summed E-state index contributed by atoms with van der Waals surface area (Å²) in [7, 11) is 0. The third kappa shape index (κ3) is 2.70. The first-order valence-electron chi connectivity index (χ1n) is 5.15. The maximum Gasteiger partial charge on any atom is 0.0950 e. The molecule has 0 aliphatic heterocycles. The Hall–Kier alpha value is -1.54. The van der Waals surface area contributed by atoms with E-state index in [1.165, 1.54) is 11.1 Å². The molecule has 2 rings (SSSR count). The average Bonchev–Trinajstić information content (AvgIpc) is 2.81. The fraction of sp³-hybridized carbons (Fsp3) is 0.231. The quantitative estimate of drug-likeness (QED) is 0.822. The number of hydrogen-bond donors (Lipinski definition) is 1. The van der Waals surface area contributed by atoms with Crippen LogP contribution in [0.3, 0.4) is 0 Å². The van der Waals surface area contributed by atoms with E-state index in [-0.39, 0.29) is 0 Å². The lowest BCUT2D eigenvalue weighted by Gasteiger charge is -2.11. The summed E-state index contributed by atoms with van der Waals surface area (Å²) >= 11 is 0. The van der Waals surface area contributed by atoms with Gasteiger partial charge in [0.05, 0.1) is 12.5 Å². The van der Waals surface area contributed by atoms with Crippen molar-refractivity contribution in [2.75, 3.05) is 0 Å². The average molecular weight is 201 g/mol. The molecule has 0 fully saturated rings. The molecule has 1 heterocycles. The molecule has 2 nitrogen and oxygen atoms in total. The summed E-state index contributed by atoms with van der Waals surface area (Å²) in [6.45, 7) is 3.01. The Kier molecular flexibility index (Phi) is 3.20. The molecule has 0 radical (unpaired) electrons. The van der Waals surface area contributed by atoms with E-state index in [2.05, 4.69) is 36.5 Å². The molecular weight excluding hydrogens is 186 g/mol. The molecule has 1 aromatic heterocycles. The van der Waals surface area contributed by atoms with E-state index >= 15 is 0 Å². The third-order valence-electron chi connectivity index (χ3n) is 2.50. The van der Waals surface area contributed by atoms with Crippen LogP contribution in [0.4, 0.5) is 0 Å². The molecule has 0 bridgehead atoms. The number of furan rings is 1. The molecule has 1 unspecified atom stereocenters. The van der Waals surface area contributed by atoms with Gasteiger partial charge >= 0.3 is 0 Å². The van der Waals surface area contributed by atoms with E-state index in [1.54, 1.807) is 12.5 Å². The van der Waals surface area contributed by atoms with Gasteiger partial charge in [-0.2, -0.15) is 0 Å². The van der Waals surface area contributed by atoms with Gasteiger partial charge in [0.15, 0.2) is 0 Å². The highest BCUT2D eigenvalue weighted by atomic mass is 16.3. The number of benzene rings is 1. The second-order valence-corrected chi connectivity index (χ2v) is 3.64. The summed E-state index contributed by atoms with van der Waals surface area (Å²) in [5.74, 6) is 0. The monoisotopic (exact) mass is 201 g/mol. The Morgan fingerprint density at radius 3 is 2.67 bits per heavy atom. The Balaban J connectivity index is 1.89. The van der Waals surface area contributed by atoms with Gasteiger partial charge in [-0.25, -0.2) is 0 Å². The summed E-state index contributed by atoms with van der Waals surface area (Å²) < 4.78 is 5.05. The van der Waals surface area contributed by atoms with Gasteiger partial charge < -0.3 is 9.73 Å². The lowest BCUT2D eigenvalue weighted by molar-refractivity contribution is 0.538. The Labute approximate surface area is 89.9 Å². The molecule has 0 saturated heterocycles. The van der Waals surface area contributed by atoms with Crippen LogP contribution in [-0.2, 0) is 6.54 Å². The topological polar surface area (TPSA) is 25.2 Å². The predicted octanol–water partition coefficient (Wildman–Crippen LogP) is 3.13. The fourth-order valence-corrected chi connectivity index (χ4v) is 1.51. The van der Waals surface area contributed by atoms with Gasteiger partial charge in [-0.1, -0.05) is 30.3 Å². The summed E-state index contributed by atoms with van der Waals surface area (Å²) in [4.78, 5) is 0. The van der Waals surface area contributed by atoms with Crippen LogP contribution in [0.5, 0.6) is 0 Å². The summed E-state index contributed by atoms with van der Waals surface area (Å²) in [6.07, 6.45) is 3.48. The number of rotatable bonds is 4. The van der Waals surface area contributed by atoms with Crippen LogP contribution in [0.15, 0.2) is 53.3 Å². The Morgan fingerprint density at radius 1 is 1.20 bits per heavy atom. The van der Waals surface area contributed by atoms with E-state index in [4.69, 9.17) is 4.42 Å². The van der Waals surface area contributed by atoms with Gasteiger partial charge in [-0.15, -0.1) is 0 Å². The van der Waals surface area contributed by atoms with Gasteiger partial charge in [-0.3, -0.25) is 0 Å². The van der Waals surface area contributed by atoms with Gasteiger partial charge in [0, 0.05) is 18.2 Å². The van der Waals surface area contributed by atoms with E-state index < -0.39 is 0 Å². The van der Waals surface area contributed by atoms with Crippen LogP contribution >= 0.6 is 0 Å². The normalized spacial score (nSPS) is 12.6. The van der Waals surface area contributed by atoms with E-state index in [0.29, 0.717) is 6.04 Å². The lowest BCUT2D eigenvalue weighted by Crippen LogP contribution is -2.17. The van der Waals surface area contributed by atoms with Gasteiger partial charge in [0.25, 0.3) is 0 Å². The first-order valence-corrected chi connectivity index (χ1v) is 5.15. The SMILES string of the molecule is CC(NCc1ccccc1)c1ccoc1. The predicted molar refractivity (Wildman–Crippen MR) is 60.4 cm³/mol. The number of hydrogen-bond acceptors (Lipinski definition) is 2. The maximum atomic E-state index is 5.05. The van der Waals surface area contributed by atoms with Crippen molar-refractivity contribution in [2.45, 2.75) is 19.5 Å². The van der Waals surface area contributed by atoms with Crippen molar-refractivity contribution in [2.24, 2.45) is 0 Å². The molecule has 0 amide bonds. The molecule has 0 saturated carbocycles. The van der Waals surface area contributed by atoms with E-state index in [9.17, 15) is 0 Å². The Bertz CT molecular complexity index is 380. The van der Waals surface area contributed by atoms with Gasteiger partial charge in [0.1, 0.15) is 0 Å². The van der Waals surface area contributed by atoms with Crippen molar-refractivity contribution < 1.29 is 4.42 Å². The highest BCUT2D eigenvalue weighted by Crippen LogP contribution is 2.12. The highest BCUT2D eigenvalue weighted by molar-refractivity contribution is 5.15. The molecule has 78 valence electrons. The molecule has 15 heavy (non-hydrogen) atoms. The summed E-state index contributed by atoms with van der Waals surface area (Å²) in [5.41, 5.74) is 2.48. The Morgan fingerprint density at radius 2 is 2.00 bits per heavy atom. The molecule has 1 N–H and O–H groups in total. The molecule has 0 aliphatic carbocycles. The molecular formula is C13H15NO. The molecule has 2 aromatic rings. The van der Waals surface area contributed by atoms with Crippen molar-refractivity contribution in [3.8, 4) is 0 Å². The molecule has 0 spiro atoms.